The minimum atomic E-state index is 0.420. The first-order chi connectivity index (χ1) is 9.38. The van der Waals surface area contributed by atoms with Gasteiger partial charge in [0.15, 0.2) is 0 Å². The molecule has 0 spiro atoms. The number of para-hydroxylation sites is 1. The van der Waals surface area contributed by atoms with E-state index in [9.17, 15) is 0 Å². The molecule has 0 saturated carbocycles. The quantitative estimate of drug-likeness (QED) is 0.465. The summed E-state index contributed by atoms with van der Waals surface area (Å²) in [6.45, 7) is 0. The van der Waals surface area contributed by atoms with Crippen LogP contribution < -0.4 is 4.74 Å². The van der Waals surface area contributed by atoms with Crippen molar-refractivity contribution in [2.24, 2.45) is 4.99 Å². The lowest BCUT2D eigenvalue weighted by molar-refractivity contribution is 0.537. The van der Waals surface area contributed by atoms with Crippen molar-refractivity contribution in [3.05, 3.63) is 66.3 Å². The Bertz CT molecular complexity index is 575. The van der Waals surface area contributed by atoms with E-state index in [2.05, 4.69) is 11.1 Å². The molecule has 3 nitrogen and oxygen atoms in total. The number of allylic oxidation sites excluding steroid dienone is 5. The molecule has 0 atom stereocenters. The second-order valence-corrected chi connectivity index (χ2v) is 4.04. The SMILES string of the molecule is N#CN=C(CC1=CC=CC=CC1)Oc1ccccc1. The van der Waals surface area contributed by atoms with Crippen molar-refractivity contribution in [1.82, 2.24) is 0 Å². The normalized spacial score (nSPS) is 14.5. The summed E-state index contributed by atoms with van der Waals surface area (Å²) in [5.74, 6) is 1.11. The first-order valence-electron chi connectivity index (χ1n) is 6.08. The van der Waals surface area contributed by atoms with Crippen LogP contribution in [0.4, 0.5) is 0 Å². The van der Waals surface area contributed by atoms with Crippen LogP contribution in [0.15, 0.2) is 71.3 Å². The van der Waals surface area contributed by atoms with Crippen molar-refractivity contribution in [2.45, 2.75) is 12.8 Å². The molecule has 0 saturated heterocycles. The van der Waals surface area contributed by atoms with Crippen LogP contribution in [0, 0.1) is 11.5 Å². The van der Waals surface area contributed by atoms with Crippen molar-refractivity contribution in [3.63, 3.8) is 0 Å². The highest BCUT2D eigenvalue weighted by molar-refractivity contribution is 5.81. The average Bonchev–Trinajstić information content (AvgIpc) is 2.69. The average molecular weight is 250 g/mol. The van der Waals surface area contributed by atoms with E-state index in [0.717, 1.165) is 12.0 Å². The summed E-state index contributed by atoms with van der Waals surface area (Å²) >= 11 is 0. The molecule has 1 aliphatic rings. The minimum absolute atomic E-state index is 0.420. The molecule has 0 bridgehead atoms. The number of nitriles is 1. The molecule has 0 aromatic heterocycles. The van der Waals surface area contributed by atoms with E-state index in [1.807, 2.05) is 54.6 Å². The number of hydrogen-bond acceptors (Lipinski definition) is 3. The van der Waals surface area contributed by atoms with Gasteiger partial charge in [0.2, 0.25) is 12.1 Å². The summed E-state index contributed by atoms with van der Waals surface area (Å²) in [5.41, 5.74) is 1.16. The second-order valence-electron chi connectivity index (χ2n) is 4.04. The molecule has 0 aliphatic heterocycles. The Kier molecular flexibility index (Phi) is 4.71. The molecule has 0 heterocycles. The van der Waals surface area contributed by atoms with Gasteiger partial charge >= 0.3 is 0 Å². The monoisotopic (exact) mass is 250 g/mol. The molecule has 0 radical (unpaired) electrons. The molecule has 0 N–H and O–H groups in total. The van der Waals surface area contributed by atoms with Gasteiger partial charge in [-0.15, -0.1) is 4.99 Å². The topological polar surface area (TPSA) is 45.4 Å². The van der Waals surface area contributed by atoms with Crippen LogP contribution in [0.3, 0.4) is 0 Å². The molecule has 0 unspecified atom stereocenters. The van der Waals surface area contributed by atoms with E-state index in [-0.39, 0.29) is 0 Å². The van der Waals surface area contributed by atoms with E-state index in [0.29, 0.717) is 18.1 Å². The number of rotatable bonds is 3. The Morgan fingerprint density at radius 3 is 2.84 bits per heavy atom. The number of nitrogens with zero attached hydrogens (tertiary/aromatic N) is 2. The summed E-state index contributed by atoms with van der Waals surface area (Å²) < 4.78 is 5.64. The van der Waals surface area contributed by atoms with Gasteiger partial charge in [-0.3, -0.25) is 0 Å². The fourth-order valence-electron chi connectivity index (χ4n) is 1.73. The predicted octanol–water partition coefficient (Wildman–Crippen LogP) is 3.78. The number of aliphatic imine (C=N–C) groups is 1. The van der Waals surface area contributed by atoms with Crippen molar-refractivity contribution in [1.29, 1.82) is 5.26 Å². The second kappa shape index (κ2) is 6.97. The van der Waals surface area contributed by atoms with Gasteiger partial charge in [0.1, 0.15) is 5.75 Å². The first-order valence-corrected chi connectivity index (χ1v) is 6.08. The molecule has 0 fully saturated rings. The zero-order chi connectivity index (χ0) is 13.3. The third kappa shape index (κ3) is 4.29. The Labute approximate surface area is 112 Å². The zero-order valence-electron chi connectivity index (χ0n) is 10.5. The lowest BCUT2D eigenvalue weighted by Gasteiger charge is -2.08. The fraction of sp³-hybridized carbons (Fsp3) is 0.125. The molecule has 1 aliphatic carbocycles. The predicted molar refractivity (Wildman–Crippen MR) is 75.7 cm³/mol. The molecular formula is C16H14N2O. The molecule has 0 amide bonds. The number of benzene rings is 1. The van der Waals surface area contributed by atoms with Crippen LogP contribution in [-0.2, 0) is 0 Å². The molecule has 3 heteroatoms. The van der Waals surface area contributed by atoms with Gasteiger partial charge in [-0.25, -0.2) is 0 Å². The molecule has 1 aromatic rings. The van der Waals surface area contributed by atoms with Crippen LogP contribution in [-0.4, -0.2) is 5.90 Å². The Hall–Kier alpha value is -2.60. The van der Waals surface area contributed by atoms with Crippen LogP contribution in [0.5, 0.6) is 5.75 Å². The van der Waals surface area contributed by atoms with E-state index < -0.39 is 0 Å². The third-order valence-corrected chi connectivity index (χ3v) is 2.60. The standard InChI is InChI=1S/C16H14N2O/c17-13-18-16(19-15-10-6-3-7-11-15)12-14-8-4-1-2-5-9-14/h1-8,10-11H,9,12H2. The minimum Gasteiger partial charge on any atom is -0.442 e. The van der Waals surface area contributed by atoms with E-state index in [4.69, 9.17) is 10.00 Å². The molecule has 19 heavy (non-hydrogen) atoms. The molecule has 2 rings (SSSR count). The van der Waals surface area contributed by atoms with Gasteiger partial charge in [-0.1, -0.05) is 54.2 Å². The van der Waals surface area contributed by atoms with Crippen LogP contribution >= 0.6 is 0 Å². The van der Waals surface area contributed by atoms with Crippen molar-refractivity contribution < 1.29 is 4.74 Å². The number of hydrogen-bond donors (Lipinski definition) is 0. The lowest BCUT2D eigenvalue weighted by atomic mass is 10.1. The summed E-state index contributed by atoms with van der Waals surface area (Å²) in [6, 6.07) is 9.37. The van der Waals surface area contributed by atoms with E-state index in [1.54, 1.807) is 6.19 Å². The largest absolute Gasteiger partial charge is 0.442 e. The fourth-order valence-corrected chi connectivity index (χ4v) is 1.73. The summed E-state index contributed by atoms with van der Waals surface area (Å²) in [6.07, 6.45) is 13.2. The maximum absolute atomic E-state index is 8.73. The van der Waals surface area contributed by atoms with Crippen molar-refractivity contribution in [2.75, 3.05) is 0 Å². The van der Waals surface area contributed by atoms with Gasteiger partial charge in [0, 0.05) is 6.42 Å². The maximum Gasteiger partial charge on any atom is 0.209 e. The summed E-state index contributed by atoms with van der Waals surface area (Å²) in [7, 11) is 0. The van der Waals surface area contributed by atoms with Crippen molar-refractivity contribution >= 4 is 5.90 Å². The Balaban J connectivity index is 2.07. The molecule has 94 valence electrons. The van der Waals surface area contributed by atoms with E-state index >= 15 is 0 Å². The summed E-state index contributed by atoms with van der Waals surface area (Å²) in [5, 5.41) is 8.73. The van der Waals surface area contributed by atoms with Crippen LogP contribution in [0.25, 0.3) is 0 Å². The lowest BCUT2D eigenvalue weighted by Crippen LogP contribution is -2.09. The van der Waals surface area contributed by atoms with Gasteiger partial charge in [-0.05, 0) is 18.6 Å². The first kappa shape index (κ1) is 12.8. The smallest absolute Gasteiger partial charge is 0.209 e. The van der Waals surface area contributed by atoms with Gasteiger partial charge in [-0.2, -0.15) is 5.26 Å². The van der Waals surface area contributed by atoms with Gasteiger partial charge in [0.25, 0.3) is 0 Å². The highest BCUT2D eigenvalue weighted by atomic mass is 16.5. The zero-order valence-corrected chi connectivity index (χ0v) is 10.5. The van der Waals surface area contributed by atoms with Crippen molar-refractivity contribution in [3.8, 4) is 11.9 Å². The van der Waals surface area contributed by atoms with Crippen LogP contribution in [0.2, 0.25) is 0 Å². The molecular weight excluding hydrogens is 236 g/mol. The molecule has 1 aromatic carbocycles. The Morgan fingerprint density at radius 2 is 2.05 bits per heavy atom. The highest BCUT2D eigenvalue weighted by Gasteiger charge is 2.06. The summed E-state index contributed by atoms with van der Waals surface area (Å²) in [4.78, 5) is 3.76. The maximum atomic E-state index is 8.73. The third-order valence-electron chi connectivity index (χ3n) is 2.60. The Morgan fingerprint density at radius 1 is 1.21 bits per heavy atom. The highest BCUT2D eigenvalue weighted by Crippen LogP contribution is 2.16. The number of ether oxygens (including phenoxy) is 1. The van der Waals surface area contributed by atoms with Crippen LogP contribution in [0.1, 0.15) is 12.8 Å². The van der Waals surface area contributed by atoms with Gasteiger partial charge < -0.3 is 4.74 Å². The van der Waals surface area contributed by atoms with E-state index in [1.165, 1.54) is 0 Å². The van der Waals surface area contributed by atoms with Gasteiger partial charge in [0.05, 0.1) is 0 Å².